The number of hydrogen-bond acceptors (Lipinski definition) is 6. The predicted octanol–water partition coefficient (Wildman–Crippen LogP) is 2.85. The van der Waals surface area contributed by atoms with E-state index in [1.807, 2.05) is 43.3 Å². The van der Waals surface area contributed by atoms with Crippen LogP contribution in [0.5, 0.6) is 0 Å². The smallest absolute Gasteiger partial charge is 0.287 e. The molecule has 1 unspecified atom stereocenters. The summed E-state index contributed by atoms with van der Waals surface area (Å²) < 4.78 is 6.76. The van der Waals surface area contributed by atoms with Gasteiger partial charge in [-0.1, -0.05) is 36.4 Å². The van der Waals surface area contributed by atoms with Gasteiger partial charge >= 0.3 is 0 Å². The molecule has 32 heavy (non-hydrogen) atoms. The molecular weight excluding hydrogens is 408 g/mol. The van der Waals surface area contributed by atoms with Crippen LogP contribution in [0, 0.1) is 13.8 Å². The lowest BCUT2D eigenvalue weighted by atomic mass is 10.0. The summed E-state index contributed by atoms with van der Waals surface area (Å²) in [5, 5.41) is 17.3. The van der Waals surface area contributed by atoms with Crippen molar-refractivity contribution in [1.82, 2.24) is 25.5 Å². The molecule has 1 atom stereocenters. The van der Waals surface area contributed by atoms with Gasteiger partial charge in [0.15, 0.2) is 11.6 Å². The SMILES string of the molecule is Cc1ccc(NC(=O)C(Cc2ccccc2)NC(=O)c2ccco2)cc1-n1nnnc1C. The largest absolute Gasteiger partial charge is 0.459 e. The van der Waals surface area contributed by atoms with Crippen molar-refractivity contribution in [2.45, 2.75) is 26.3 Å². The number of furan rings is 1. The van der Waals surface area contributed by atoms with Crippen LogP contribution in [0.2, 0.25) is 0 Å². The number of nitrogens with one attached hydrogen (secondary N) is 2. The molecule has 2 aromatic carbocycles. The third-order valence-electron chi connectivity index (χ3n) is 4.98. The third kappa shape index (κ3) is 4.72. The number of amides is 2. The summed E-state index contributed by atoms with van der Waals surface area (Å²) in [7, 11) is 0. The minimum Gasteiger partial charge on any atom is -0.459 e. The van der Waals surface area contributed by atoms with E-state index in [1.165, 1.54) is 6.26 Å². The fourth-order valence-corrected chi connectivity index (χ4v) is 3.30. The molecular formula is C23H22N6O3. The normalized spacial score (nSPS) is 11.7. The Labute approximate surface area is 184 Å². The van der Waals surface area contributed by atoms with Crippen molar-refractivity contribution in [3.05, 3.63) is 89.6 Å². The minimum atomic E-state index is -0.811. The highest BCUT2D eigenvalue weighted by molar-refractivity contribution is 6.00. The van der Waals surface area contributed by atoms with Gasteiger partial charge < -0.3 is 15.1 Å². The summed E-state index contributed by atoms with van der Waals surface area (Å²) in [5.74, 6) is -0.0381. The zero-order chi connectivity index (χ0) is 22.5. The summed E-state index contributed by atoms with van der Waals surface area (Å²) in [5.41, 5.74) is 3.19. The lowest BCUT2D eigenvalue weighted by Crippen LogP contribution is -2.45. The van der Waals surface area contributed by atoms with Crippen molar-refractivity contribution in [3.63, 3.8) is 0 Å². The number of nitrogens with zero attached hydrogens (tertiary/aromatic N) is 4. The molecule has 0 fully saturated rings. The molecule has 0 saturated heterocycles. The van der Waals surface area contributed by atoms with Crippen molar-refractivity contribution in [1.29, 1.82) is 0 Å². The fourth-order valence-electron chi connectivity index (χ4n) is 3.30. The van der Waals surface area contributed by atoms with Crippen LogP contribution >= 0.6 is 0 Å². The van der Waals surface area contributed by atoms with Gasteiger partial charge in [-0.15, -0.1) is 5.10 Å². The van der Waals surface area contributed by atoms with E-state index in [0.717, 1.165) is 16.8 Å². The molecule has 9 nitrogen and oxygen atoms in total. The van der Waals surface area contributed by atoms with Crippen LogP contribution in [0.4, 0.5) is 5.69 Å². The topological polar surface area (TPSA) is 115 Å². The highest BCUT2D eigenvalue weighted by Crippen LogP contribution is 2.20. The van der Waals surface area contributed by atoms with Crippen LogP contribution in [0.1, 0.15) is 27.5 Å². The average molecular weight is 430 g/mol. The van der Waals surface area contributed by atoms with Crippen LogP contribution in [-0.4, -0.2) is 38.1 Å². The summed E-state index contributed by atoms with van der Waals surface area (Å²) in [6.45, 7) is 3.73. The highest BCUT2D eigenvalue weighted by Gasteiger charge is 2.23. The van der Waals surface area contributed by atoms with Crippen LogP contribution < -0.4 is 10.6 Å². The molecule has 2 aromatic heterocycles. The fraction of sp³-hybridized carbons (Fsp3) is 0.174. The van der Waals surface area contributed by atoms with E-state index in [0.29, 0.717) is 17.9 Å². The number of carbonyl (C=O) groups excluding carboxylic acids is 2. The molecule has 0 aliphatic heterocycles. The molecule has 2 heterocycles. The van der Waals surface area contributed by atoms with Gasteiger partial charge in [0, 0.05) is 12.1 Å². The van der Waals surface area contributed by atoms with Crippen molar-refractivity contribution in [3.8, 4) is 5.69 Å². The second-order valence-corrected chi connectivity index (χ2v) is 7.32. The van der Waals surface area contributed by atoms with E-state index >= 15 is 0 Å². The molecule has 4 rings (SSSR count). The molecule has 0 saturated carbocycles. The lowest BCUT2D eigenvalue weighted by molar-refractivity contribution is -0.118. The summed E-state index contributed by atoms with van der Waals surface area (Å²) >= 11 is 0. The predicted molar refractivity (Wildman–Crippen MR) is 117 cm³/mol. The molecule has 0 aliphatic rings. The van der Waals surface area contributed by atoms with Gasteiger partial charge in [-0.05, 0) is 59.7 Å². The zero-order valence-electron chi connectivity index (χ0n) is 17.6. The van der Waals surface area contributed by atoms with Crippen molar-refractivity contribution >= 4 is 17.5 Å². The van der Waals surface area contributed by atoms with Crippen LogP contribution in [0.3, 0.4) is 0 Å². The molecule has 2 N–H and O–H groups in total. The van der Waals surface area contributed by atoms with Gasteiger partial charge in [0.25, 0.3) is 5.91 Å². The second-order valence-electron chi connectivity index (χ2n) is 7.32. The average Bonchev–Trinajstić information content (AvgIpc) is 3.47. The Bertz CT molecular complexity index is 1220. The number of tetrazole rings is 1. The van der Waals surface area contributed by atoms with Crippen LogP contribution in [0.25, 0.3) is 5.69 Å². The number of aromatic nitrogens is 4. The molecule has 0 spiro atoms. The Morgan fingerprint density at radius 2 is 1.88 bits per heavy atom. The number of carbonyl (C=O) groups is 2. The van der Waals surface area contributed by atoms with E-state index in [1.54, 1.807) is 35.9 Å². The van der Waals surface area contributed by atoms with E-state index < -0.39 is 11.9 Å². The highest BCUT2D eigenvalue weighted by atomic mass is 16.3. The Hall–Kier alpha value is -4.27. The van der Waals surface area contributed by atoms with Crippen LogP contribution in [-0.2, 0) is 11.2 Å². The molecule has 0 bridgehead atoms. The molecule has 162 valence electrons. The summed E-state index contributed by atoms with van der Waals surface area (Å²) in [4.78, 5) is 25.7. The Morgan fingerprint density at radius 3 is 2.56 bits per heavy atom. The first-order valence-electron chi connectivity index (χ1n) is 10.1. The standard InChI is InChI=1S/C23H22N6O3/c1-15-10-11-18(14-20(15)29-16(2)26-27-28-29)24-22(30)19(13-17-7-4-3-5-8-17)25-23(31)21-9-6-12-32-21/h3-12,14,19H,13H2,1-2H3,(H,24,30)(H,25,31). The monoisotopic (exact) mass is 430 g/mol. The van der Waals surface area contributed by atoms with Gasteiger partial charge in [-0.25, -0.2) is 0 Å². The maximum Gasteiger partial charge on any atom is 0.287 e. The first-order valence-corrected chi connectivity index (χ1v) is 10.1. The molecule has 0 aliphatic carbocycles. The number of benzene rings is 2. The quantitative estimate of drug-likeness (QED) is 0.466. The summed E-state index contributed by atoms with van der Waals surface area (Å²) in [6.07, 6.45) is 1.74. The maximum atomic E-state index is 13.2. The number of anilines is 1. The van der Waals surface area contributed by atoms with E-state index in [2.05, 4.69) is 26.2 Å². The molecule has 0 radical (unpaired) electrons. The Balaban J connectivity index is 1.56. The zero-order valence-corrected chi connectivity index (χ0v) is 17.6. The van der Waals surface area contributed by atoms with Gasteiger partial charge in [-0.3, -0.25) is 9.59 Å². The van der Waals surface area contributed by atoms with Crippen molar-refractivity contribution in [2.24, 2.45) is 0 Å². The number of aryl methyl sites for hydroxylation is 2. The first-order chi connectivity index (χ1) is 15.5. The second kappa shape index (κ2) is 9.25. The van der Waals surface area contributed by atoms with E-state index in [-0.39, 0.29) is 11.7 Å². The van der Waals surface area contributed by atoms with Gasteiger partial charge in [0.1, 0.15) is 6.04 Å². The number of hydrogen-bond donors (Lipinski definition) is 2. The van der Waals surface area contributed by atoms with Crippen molar-refractivity contribution < 1.29 is 14.0 Å². The van der Waals surface area contributed by atoms with Gasteiger partial charge in [0.2, 0.25) is 5.91 Å². The Kier molecular flexibility index (Phi) is 6.07. The molecule has 2 amide bonds. The third-order valence-corrected chi connectivity index (χ3v) is 4.98. The van der Waals surface area contributed by atoms with Crippen molar-refractivity contribution in [2.75, 3.05) is 5.32 Å². The minimum absolute atomic E-state index is 0.141. The van der Waals surface area contributed by atoms with Gasteiger partial charge in [-0.2, -0.15) is 4.68 Å². The van der Waals surface area contributed by atoms with Gasteiger partial charge in [0.05, 0.1) is 12.0 Å². The van der Waals surface area contributed by atoms with Crippen LogP contribution in [0.15, 0.2) is 71.3 Å². The van der Waals surface area contributed by atoms with E-state index in [4.69, 9.17) is 4.42 Å². The molecule has 4 aromatic rings. The first kappa shape index (κ1) is 21.0. The van der Waals surface area contributed by atoms with E-state index in [9.17, 15) is 9.59 Å². The molecule has 9 heteroatoms. The maximum absolute atomic E-state index is 13.2. The summed E-state index contributed by atoms with van der Waals surface area (Å²) in [6, 6.07) is 17.3. The lowest BCUT2D eigenvalue weighted by Gasteiger charge is -2.19. The number of rotatable bonds is 7. The Morgan fingerprint density at radius 1 is 1.06 bits per heavy atom.